The maximum atomic E-state index is 12.3. The SMILES string of the molecule is CCC(NC(=O)N[C@H]1c2ccccc2C[C@H]1O)c1cccs1. The van der Waals surface area contributed by atoms with Crippen molar-refractivity contribution in [2.45, 2.75) is 38.0 Å². The smallest absolute Gasteiger partial charge is 0.315 e. The molecular weight excluding hydrogens is 296 g/mol. The summed E-state index contributed by atoms with van der Waals surface area (Å²) >= 11 is 1.64. The van der Waals surface area contributed by atoms with Gasteiger partial charge in [-0.15, -0.1) is 11.3 Å². The summed E-state index contributed by atoms with van der Waals surface area (Å²) in [4.78, 5) is 13.4. The first kappa shape index (κ1) is 15.1. The van der Waals surface area contributed by atoms with Gasteiger partial charge in [-0.05, 0) is 29.0 Å². The first-order valence-corrected chi connectivity index (χ1v) is 8.43. The van der Waals surface area contributed by atoms with Gasteiger partial charge in [0.15, 0.2) is 0 Å². The number of carbonyl (C=O) groups excluding carboxylic acids is 1. The van der Waals surface area contributed by atoms with Gasteiger partial charge < -0.3 is 15.7 Å². The van der Waals surface area contributed by atoms with Crippen LogP contribution in [0.2, 0.25) is 0 Å². The number of fused-ring (bicyclic) bond motifs is 1. The minimum absolute atomic E-state index is 0.00814. The summed E-state index contributed by atoms with van der Waals surface area (Å²) in [6, 6.07) is 11.3. The lowest BCUT2D eigenvalue weighted by Crippen LogP contribution is -2.42. The van der Waals surface area contributed by atoms with E-state index in [0.717, 1.165) is 22.4 Å². The third kappa shape index (κ3) is 3.00. The van der Waals surface area contributed by atoms with E-state index in [1.54, 1.807) is 11.3 Å². The molecule has 2 amide bonds. The molecule has 0 fully saturated rings. The first-order chi connectivity index (χ1) is 10.7. The summed E-state index contributed by atoms with van der Waals surface area (Å²) in [5, 5.41) is 18.1. The van der Waals surface area contributed by atoms with Crippen LogP contribution in [0.15, 0.2) is 41.8 Å². The molecule has 4 nitrogen and oxygen atoms in total. The molecule has 0 saturated carbocycles. The van der Waals surface area contributed by atoms with Crippen LogP contribution in [0.1, 0.15) is 41.4 Å². The summed E-state index contributed by atoms with van der Waals surface area (Å²) < 4.78 is 0. The molecule has 0 radical (unpaired) electrons. The Morgan fingerprint density at radius 3 is 2.91 bits per heavy atom. The monoisotopic (exact) mass is 316 g/mol. The van der Waals surface area contributed by atoms with Gasteiger partial charge in [0.1, 0.15) is 0 Å². The maximum absolute atomic E-state index is 12.3. The lowest BCUT2D eigenvalue weighted by molar-refractivity contribution is 0.142. The number of aliphatic hydroxyl groups excluding tert-OH is 1. The number of aliphatic hydroxyl groups is 1. The fourth-order valence-corrected chi connectivity index (χ4v) is 3.81. The third-order valence-corrected chi connectivity index (χ3v) is 5.08. The second-order valence-electron chi connectivity index (χ2n) is 5.54. The summed E-state index contributed by atoms with van der Waals surface area (Å²) in [7, 11) is 0. The average molecular weight is 316 g/mol. The molecule has 116 valence electrons. The largest absolute Gasteiger partial charge is 0.390 e. The van der Waals surface area contributed by atoms with Crippen molar-refractivity contribution in [1.29, 1.82) is 0 Å². The van der Waals surface area contributed by atoms with Gasteiger partial charge in [-0.2, -0.15) is 0 Å². The molecule has 0 spiro atoms. The van der Waals surface area contributed by atoms with Crippen LogP contribution in [0.4, 0.5) is 4.79 Å². The summed E-state index contributed by atoms with van der Waals surface area (Å²) in [5.74, 6) is 0. The van der Waals surface area contributed by atoms with Crippen molar-refractivity contribution in [2.75, 3.05) is 0 Å². The van der Waals surface area contributed by atoms with Crippen molar-refractivity contribution in [2.24, 2.45) is 0 Å². The molecule has 3 rings (SSSR count). The van der Waals surface area contributed by atoms with Crippen molar-refractivity contribution in [3.05, 3.63) is 57.8 Å². The van der Waals surface area contributed by atoms with Crippen molar-refractivity contribution in [3.63, 3.8) is 0 Å². The van der Waals surface area contributed by atoms with E-state index in [9.17, 15) is 9.90 Å². The number of nitrogens with one attached hydrogen (secondary N) is 2. The van der Waals surface area contributed by atoms with Gasteiger partial charge in [-0.1, -0.05) is 37.3 Å². The lowest BCUT2D eigenvalue weighted by Gasteiger charge is -2.21. The molecule has 1 aromatic heterocycles. The maximum Gasteiger partial charge on any atom is 0.315 e. The minimum atomic E-state index is -0.565. The summed E-state index contributed by atoms with van der Waals surface area (Å²) in [6.07, 6.45) is 0.853. The highest BCUT2D eigenvalue weighted by atomic mass is 32.1. The number of carbonyl (C=O) groups is 1. The molecule has 0 bridgehead atoms. The van der Waals surface area contributed by atoms with Gasteiger partial charge in [0.2, 0.25) is 0 Å². The van der Waals surface area contributed by atoms with Crippen LogP contribution in [0.5, 0.6) is 0 Å². The number of thiophene rings is 1. The minimum Gasteiger partial charge on any atom is -0.390 e. The van der Waals surface area contributed by atoms with E-state index in [0.29, 0.717) is 6.42 Å². The molecule has 2 aromatic rings. The van der Waals surface area contributed by atoms with Gasteiger partial charge in [-0.25, -0.2) is 4.79 Å². The second kappa shape index (κ2) is 6.50. The lowest BCUT2D eigenvalue weighted by atomic mass is 10.1. The quantitative estimate of drug-likeness (QED) is 0.811. The molecule has 0 saturated heterocycles. The van der Waals surface area contributed by atoms with Gasteiger partial charge in [0, 0.05) is 11.3 Å². The number of urea groups is 1. The predicted molar refractivity (Wildman–Crippen MR) is 87.9 cm³/mol. The standard InChI is InChI=1S/C17H20N2O2S/c1-2-13(15-8-5-9-22-15)18-17(21)19-16-12-7-4-3-6-11(12)10-14(16)20/h3-9,13-14,16,20H,2,10H2,1H3,(H2,18,19,21)/t13?,14-,16+/m1/s1. The number of amides is 2. The molecule has 3 N–H and O–H groups in total. The van der Waals surface area contributed by atoms with Gasteiger partial charge in [0.25, 0.3) is 0 Å². The van der Waals surface area contributed by atoms with Crippen LogP contribution in [-0.2, 0) is 6.42 Å². The van der Waals surface area contributed by atoms with Crippen molar-refractivity contribution < 1.29 is 9.90 Å². The van der Waals surface area contributed by atoms with Crippen LogP contribution in [-0.4, -0.2) is 17.2 Å². The van der Waals surface area contributed by atoms with Gasteiger partial charge in [-0.3, -0.25) is 0 Å². The Bertz CT molecular complexity index is 642. The zero-order valence-corrected chi connectivity index (χ0v) is 13.3. The predicted octanol–water partition coefficient (Wildman–Crippen LogP) is 3.16. The van der Waals surface area contributed by atoms with E-state index in [1.165, 1.54) is 0 Å². The Morgan fingerprint density at radius 1 is 1.36 bits per heavy atom. The molecule has 0 aliphatic heterocycles. The molecule has 3 atom stereocenters. The molecule has 1 heterocycles. The Kier molecular flexibility index (Phi) is 4.45. The molecule has 1 unspecified atom stereocenters. The second-order valence-corrected chi connectivity index (χ2v) is 6.52. The number of rotatable bonds is 4. The highest BCUT2D eigenvalue weighted by Gasteiger charge is 2.32. The van der Waals surface area contributed by atoms with Crippen LogP contribution in [0.25, 0.3) is 0 Å². The number of hydrogen-bond acceptors (Lipinski definition) is 3. The van der Waals surface area contributed by atoms with E-state index >= 15 is 0 Å². The highest BCUT2D eigenvalue weighted by molar-refractivity contribution is 7.10. The van der Waals surface area contributed by atoms with E-state index in [-0.39, 0.29) is 18.1 Å². The van der Waals surface area contributed by atoms with Crippen LogP contribution in [0, 0.1) is 0 Å². The topological polar surface area (TPSA) is 61.4 Å². The molecule has 1 aliphatic rings. The zero-order chi connectivity index (χ0) is 15.5. The molecule has 5 heteroatoms. The Labute approximate surface area is 134 Å². The highest BCUT2D eigenvalue weighted by Crippen LogP contribution is 2.31. The molecule has 1 aliphatic carbocycles. The van der Waals surface area contributed by atoms with E-state index in [4.69, 9.17) is 0 Å². The van der Waals surface area contributed by atoms with Gasteiger partial charge >= 0.3 is 6.03 Å². The molecular formula is C17H20N2O2S. The molecule has 1 aromatic carbocycles. The average Bonchev–Trinajstić information content (AvgIpc) is 3.14. The van der Waals surface area contributed by atoms with Crippen molar-refractivity contribution in [1.82, 2.24) is 10.6 Å². The molecule has 22 heavy (non-hydrogen) atoms. The van der Waals surface area contributed by atoms with Crippen LogP contribution < -0.4 is 10.6 Å². The summed E-state index contributed by atoms with van der Waals surface area (Å²) in [6.45, 7) is 2.05. The fourth-order valence-electron chi connectivity index (χ4n) is 2.95. The Hall–Kier alpha value is -1.85. The van der Waals surface area contributed by atoms with E-state index in [1.807, 2.05) is 48.7 Å². The van der Waals surface area contributed by atoms with E-state index < -0.39 is 6.10 Å². The first-order valence-electron chi connectivity index (χ1n) is 7.55. The Balaban J connectivity index is 1.67. The van der Waals surface area contributed by atoms with Gasteiger partial charge in [0.05, 0.1) is 18.2 Å². The fraction of sp³-hybridized carbons (Fsp3) is 0.353. The van der Waals surface area contributed by atoms with E-state index in [2.05, 4.69) is 10.6 Å². The number of hydrogen-bond donors (Lipinski definition) is 3. The van der Waals surface area contributed by atoms with Crippen LogP contribution >= 0.6 is 11.3 Å². The third-order valence-electron chi connectivity index (χ3n) is 4.09. The summed E-state index contributed by atoms with van der Waals surface area (Å²) in [5.41, 5.74) is 2.11. The van der Waals surface area contributed by atoms with Crippen molar-refractivity contribution >= 4 is 17.4 Å². The van der Waals surface area contributed by atoms with Crippen LogP contribution in [0.3, 0.4) is 0 Å². The Morgan fingerprint density at radius 2 is 2.18 bits per heavy atom. The van der Waals surface area contributed by atoms with Crippen molar-refractivity contribution in [3.8, 4) is 0 Å². The zero-order valence-electron chi connectivity index (χ0n) is 12.5. The number of benzene rings is 1. The normalized spacial score (nSPS) is 21.2.